The molecule has 2 N–H and O–H groups in total. The number of urea groups is 1. The number of aliphatic hydroxyl groups is 1. The molecule has 128 valence electrons. The van der Waals surface area contributed by atoms with Crippen molar-refractivity contribution in [3.8, 4) is 0 Å². The molecule has 0 saturated carbocycles. The SMILES string of the molecule is CC(O)CC(CNC(=O)N1CC(C)SC(C)C1)c1ccccc1. The van der Waals surface area contributed by atoms with Crippen LogP contribution in [0.4, 0.5) is 4.79 Å². The van der Waals surface area contributed by atoms with Crippen LogP contribution >= 0.6 is 11.8 Å². The lowest BCUT2D eigenvalue weighted by Crippen LogP contribution is -2.49. The maximum absolute atomic E-state index is 12.5. The number of benzene rings is 1. The van der Waals surface area contributed by atoms with Crippen molar-refractivity contribution in [3.05, 3.63) is 35.9 Å². The molecule has 1 aliphatic heterocycles. The van der Waals surface area contributed by atoms with Crippen LogP contribution in [0.3, 0.4) is 0 Å². The average Bonchev–Trinajstić information content (AvgIpc) is 2.50. The van der Waals surface area contributed by atoms with Crippen molar-refractivity contribution in [1.82, 2.24) is 10.2 Å². The number of hydrogen-bond donors (Lipinski definition) is 2. The van der Waals surface area contributed by atoms with E-state index >= 15 is 0 Å². The van der Waals surface area contributed by atoms with Crippen LogP contribution in [-0.4, -0.2) is 52.3 Å². The van der Waals surface area contributed by atoms with Crippen LogP contribution in [0.15, 0.2) is 30.3 Å². The standard InChI is InChI=1S/C18H28N2O2S/c1-13(21)9-17(16-7-5-4-6-8-16)10-19-18(22)20-11-14(2)23-15(3)12-20/h4-8,13-15,17,21H,9-12H2,1-3H3,(H,19,22). The van der Waals surface area contributed by atoms with E-state index in [4.69, 9.17) is 0 Å². The maximum Gasteiger partial charge on any atom is 0.317 e. The number of carbonyl (C=O) groups is 1. The highest BCUT2D eigenvalue weighted by atomic mass is 32.2. The number of hydrogen-bond acceptors (Lipinski definition) is 3. The molecule has 4 nitrogen and oxygen atoms in total. The normalized spacial score (nSPS) is 24.1. The summed E-state index contributed by atoms with van der Waals surface area (Å²) in [5, 5.41) is 13.8. The molecule has 1 heterocycles. The molecule has 1 saturated heterocycles. The molecule has 0 aliphatic carbocycles. The lowest BCUT2D eigenvalue weighted by atomic mass is 9.93. The van der Waals surface area contributed by atoms with Gasteiger partial charge in [0.25, 0.3) is 0 Å². The first-order valence-corrected chi connectivity index (χ1v) is 9.31. The first kappa shape index (κ1) is 18.1. The molecular weight excluding hydrogens is 308 g/mol. The van der Waals surface area contributed by atoms with Crippen molar-refractivity contribution in [1.29, 1.82) is 0 Å². The Hall–Kier alpha value is -1.20. The van der Waals surface area contributed by atoms with E-state index in [1.54, 1.807) is 6.92 Å². The van der Waals surface area contributed by atoms with Gasteiger partial charge in [-0.2, -0.15) is 11.8 Å². The van der Waals surface area contributed by atoms with Crippen molar-refractivity contribution < 1.29 is 9.90 Å². The molecule has 0 bridgehead atoms. The van der Waals surface area contributed by atoms with E-state index in [1.807, 2.05) is 34.9 Å². The summed E-state index contributed by atoms with van der Waals surface area (Å²) in [6.45, 7) is 8.28. The zero-order valence-electron chi connectivity index (χ0n) is 14.2. The molecule has 2 amide bonds. The van der Waals surface area contributed by atoms with Crippen LogP contribution in [0.2, 0.25) is 0 Å². The minimum atomic E-state index is -0.386. The lowest BCUT2D eigenvalue weighted by Gasteiger charge is -2.35. The summed E-state index contributed by atoms with van der Waals surface area (Å²) < 4.78 is 0. The third-order valence-electron chi connectivity index (χ3n) is 4.10. The fourth-order valence-electron chi connectivity index (χ4n) is 3.14. The number of nitrogens with one attached hydrogen (secondary N) is 1. The van der Waals surface area contributed by atoms with E-state index in [9.17, 15) is 9.90 Å². The van der Waals surface area contributed by atoms with Crippen molar-refractivity contribution in [2.24, 2.45) is 0 Å². The van der Waals surface area contributed by atoms with Gasteiger partial charge in [0.15, 0.2) is 0 Å². The summed E-state index contributed by atoms with van der Waals surface area (Å²) in [4.78, 5) is 14.4. The van der Waals surface area contributed by atoms with Gasteiger partial charge in [0, 0.05) is 36.1 Å². The van der Waals surface area contributed by atoms with E-state index in [0.29, 0.717) is 23.5 Å². The lowest BCUT2D eigenvalue weighted by molar-refractivity contribution is 0.170. The van der Waals surface area contributed by atoms with Crippen molar-refractivity contribution in [3.63, 3.8) is 0 Å². The van der Waals surface area contributed by atoms with Gasteiger partial charge in [0.05, 0.1) is 6.10 Å². The fraction of sp³-hybridized carbons (Fsp3) is 0.611. The van der Waals surface area contributed by atoms with Gasteiger partial charge in [-0.15, -0.1) is 0 Å². The van der Waals surface area contributed by atoms with Gasteiger partial charge < -0.3 is 15.3 Å². The third kappa shape index (κ3) is 5.74. The molecule has 1 aromatic rings. The maximum atomic E-state index is 12.5. The van der Waals surface area contributed by atoms with Gasteiger partial charge >= 0.3 is 6.03 Å². The predicted octanol–water partition coefficient (Wildman–Crippen LogP) is 3.08. The monoisotopic (exact) mass is 336 g/mol. The molecule has 23 heavy (non-hydrogen) atoms. The van der Waals surface area contributed by atoms with Crippen LogP contribution in [0, 0.1) is 0 Å². The van der Waals surface area contributed by atoms with Crippen molar-refractivity contribution >= 4 is 17.8 Å². The average molecular weight is 337 g/mol. The van der Waals surface area contributed by atoms with Gasteiger partial charge in [0.1, 0.15) is 0 Å². The molecule has 1 aromatic carbocycles. The largest absolute Gasteiger partial charge is 0.393 e. The number of rotatable bonds is 5. The van der Waals surface area contributed by atoms with Gasteiger partial charge in [-0.05, 0) is 18.9 Å². The summed E-state index contributed by atoms with van der Waals surface area (Å²) in [6, 6.07) is 10.1. The first-order valence-electron chi connectivity index (χ1n) is 8.37. The number of thioether (sulfide) groups is 1. The first-order chi connectivity index (χ1) is 11.0. The van der Waals surface area contributed by atoms with Gasteiger partial charge in [-0.25, -0.2) is 4.79 Å². The second-order valence-corrected chi connectivity index (χ2v) is 8.42. The Morgan fingerprint density at radius 2 is 1.91 bits per heavy atom. The number of aliphatic hydroxyl groups excluding tert-OH is 1. The Balaban J connectivity index is 1.94. The zero-order valence-corrected chi connectivity index (χ0v) is 15.1. The summed E-state index contributed by atoms with van der Waals surface area (Å²) in [5.74, 6) is 0.133. The molecule has 5 heteroatoms. The molecule has 1 aliphatic rings. The van der Waals surface area contributed by atoms with Crippen LogP contribution in [-0.2, 0) is 0 Å². The Morgan fingerprint density at radius 3 is 2.48 bits per heavy atom. The van der Waals surface area contributed by atoms with E-state index in [-0.39, 0.29) is 18.1 Å². The Kier molecular flexibility index (Phi) is 6.78. The molecule has 4 atom stereocenters. The summed E-state index contributed by atoms with van der Waals surface area (Å²) in [7, 11) is 0. The van der Waals surface area contributed by atoms with E-state index in [0.717, 1.165) is 18.7 Å². The second-order valence-electron chi connectivity index (χ2n) is 6.54. The van der Waals surface area contributed by atoms with Crippen molar-refractivity contribution in [2.75, 3.05) is 19.6 Å². The second kappa shape index (κ2) is 8.60. The van der Waals surface area contributed by atoms with Crippen molar-refractivity contribution in [2.45, 2.75) is 49.7 Å². The molecular formula is C18H28N2O2S. The van der Waals surface area contributed by atoms with Crippen LogP contribution < -0.4 is 5.32 Å². The van der Waals surface area contributed by atoms with E-state index < -0.39 is 0 Å². The van der Waals surface area contributed by atoms with Gasteiger partial charge in [-0.3, -0.25) is 0 Å². The smallest absolute Gasteiger partial charge is 0.317 e. The molecule has 0 spiro atoms. The van der Waals surface area contributed by atoms with Crippen LogP contribution in [0.1, 0.15) is 38.7 Å². The Morgan fingerprint density at radius 1 is 1.30 bits per heavy atom. The number of nitrogens with zero attached hydrogens (tertiary/aromatic N) is 1. The summed E-state index contributed by atoms with van der Waals surface area (Å²) >= 11 is 1.94. The summed E-state index contributed by atoms with van der Waals surface area (Å²) in [6.07, 6.45) is 0.260. The molecule has 1 fully saturated rings. The highest BCUT2D eigenvalue weighted by Crippen LogP contribution is 2.25. The minimum absolute atomic E-state index is 0.00974. The molecule has 0 radical (unpaired) electrons. The van der Waals surface area contributed by atoms with Crippen LogP contribution in [0.25, 0.3) is 0 Å². The topological polar surface area (TPSA) is 52.6 Å². The molecule has 0 aromatic heterocycles. The highest BCUT2D eigenvalue weighted by Gasteiger charge is 2.26. The van der Waals surface area contributed by atoms with E-state index in [1.165, 1.54) is 0 Å². The van der Waals surface area contributed by atoms with Crippen LogP contribution in [0.5, 0.6) is 0 Å². The molecule has 4 unspecified atom stereocenters. The van der Waals surface area contributed by atoms with Gasteiger partial charge in [0.2, 0.25) is 0 Å². The quantitative estimate of drug-likeness (QED) is 0.869. The minimum Gasteiger partial charge on any atom is -0.393 e. The molecule has 2 rings (SSSR count). The number of carbonyl (C=O) groups excluding carboxylic acids is 1. The highest BCUT2D eigenvalue weighted by molar-refractivity contribution is 8.00. The van der Waals surface area contributed by atoms with E-state index in [2.05, 4.69) is 31.3 Å². The summed E-state index contributed by atoms with van der Waals surface area (Å²) in [5.41, 5.74) is 1.16. The Labute approximate surface area is 143 Å². The zero-order chi connectivity index (χ0) is 16.8. The fourth-order valence-corrected chi connectivity index (χ4v) is 4.47. The number of amides is 2. The third-order valence-corrected chi connectivity index (χ3v) is 5.33. The predicted molar refractivity (Wildman–Crippen MR) is 97.0 cm³/mol. The van der Waals surface area contributed by atoms with Gasteiger partial charge in [-0.1, -0.05) is 44.2 Å². The Bertz CT molecular complexity index is 485.